The number of carbonyl (C=O) groups is 1. The Labute approximate surface area is 93.8 Å². The molecule has 0 saturated carbocycles. The first-order chi connectivity index (χ1) is 7.58. The van der Waals surface area contributed by atoms with Crippen molar-refractivity contribution in [2.45, 2.75) is 13.0 Å². The number of carbonyl (C=O) groups excluding carboxylic acids is 1. The van der Waals surface area contributed by atoms with Gasteiger partial charge in [-0.25, -0.2) is 0 Å². The molecule has 16 heavy (non-hydrogen) atoms. The van der Waals surface area contributed by atoms with E-state index in [1.807, 2.05) is 6.07 Å². The zero-order chi connectivity index (χ0) is 12.1. The highest BCUT2D eigenvalue weighted by atomic mass is 16.5. The first-order valence-electron chi connectivity index (χ1n) is 4.73. The molecule has 1 amide bonds. The number of nitrogens with zero attached hydrogens (tertiary/aromatic N) is 1. The molecule has 0 spiro atoms. The third-order valence-electron chi connectivity index (χ3n) is 2.00. The number of hydrogen-bond donors (Lipinski definition) is 2. The third kappa shape index (κ3) is 2.72. The number of rotatable bonds is 3. The van der Waals surface area contributed by atoms with Crippen LogP contribution in [0.15, 0.2) is 18.2 Å². The van der Waals surface area contributed by atoms with Gasteiger partial charge in [0.05, 0.1) is 30.5 Å². The lowest BCUT2D eigenvalue weighted by Crippen LogP contribution is -2.32. The zero-order valence-corrected chi connectivity index (χ0v) is 9.15. The first kappa shape index (κ1) is 12.0. The van der Waals surface area contributed by atoms with Crippen molar-refractivity contribution in [2.24, 2.45) is 5.73 Å². The number of nitriles is 1. The standard InChI is InChI=1S/C11H13N3O2/c1-7(13)11(15)14-9-4-3-8(6-12)5-10(9)16-2/h3-5,7H,13H2,1-2H3,(H,14,15)/t7-/m1/s1. The Hall–Kier alpha value is -2.06. The molecule has 1 atom stereocenters. The lowest BCUT2D eigenvalue weighted by molar-refractivity contribution is -0.117. The van der Waals surface area contributed by atoms with Crippen molar-refractivity contribution in [3.63, 3.8) is 0 Å². The van der Waals surface area contributed by atoms with E-state index in [9.17, 15) is 4.79 Å². The van der Waals surface area contributed by atoms with Crippen molar-refractivity contribution in [1.82, 2.24) is 0 Å². The average molecular weight is 219 g/mol. The van der Waals surface area contributed by atoms with Crippen molar-refractivity contribution < 1.29 is 9.53 Å². The van der Waals surface area contributed by atoms with E-state index in [2.05, 4.69) is 5.32 Å². The highest BCUT2D eigenvalue weighted by Crippen LogP contribution is 2.25. The highest BCUT2D eigenvalue weighted by molar-refractivity contribution is 5.95. The summed E-state index contributed by atoms with van der Waals surface area (Å²) in [5.74, 6) is 0.135. The van der Waals surface area contributed by atoms with Gasteiger partial charge in [-0.3, -0.25) is 4.79 Å². The minimum atomic E-state index is -0.597. The van der Waals surface area contributed by atoms with Gasteiger partial charge in [0.1, 0.15) is 5.75 Å². The van der Waals surface area contributed by atoms with Crippen LogP contribution >= 0.6 is 0 Å². The Kier molecular flexibility index (Phi) is 3.86. The van der Waals surface area contributed by atoms with Gasteiger partial charge >= 0.3 is 0 Å². The van der Waals surface area contributed by atoms with Crippen molar-refractivity contribution >= 4 is 11.6 Å². The molecule has 3 N–H and O–H groups in total. The monoisotopic (exact) mass is 219 g/mol. The van der Waals surface area contributed by atoms with Crippen molar-refractivity contribution in [2.75, 3.05) is 12.4 Å². The molecular weight excluding hydrogens is 206 g/mol. The van der Waals surface area contributed by atoms with Crippen molar-refractivity contribution in [3.8, 4) is 11.8 Å². The summed E-state index contributed by atoms with van der Waals surface area (Å²) in [6.07, 6.45) is 0. The van der Waals surface area contributed by atoms with Gasteiger partial charge in [0.15, 0.2) is 0 Å². The number of nitrogens with one attached hydrogen (secondary N) is 1. The molecule has 0 aliphatic carbocycles. The molecule has 0 unspecified atom stereocenters. The van der Waals surface area contributed by atoms with E-state index >= 15 is 0 Å². The number of methoxy groups -OCH3 is 1. The van der Waals surface area contributed by atoms with E-state index in [4.69, 9.17) is 15.7 Å². The molecule has 1 aromatic rings. The Morgan fingerprint density at radius 2 is 2.31 bits per heavy atom. The summed E-state index contributed by atoms with van der Waals surface area (Å²) in [5.41, 5.74) is 6.40. The summed E-state index contributed by atoms with van der Waals surface area (Å²) in [7, 11) is 1.47. The molecule has 0 heterocycles. The van der Waals surface area contributed by atoms with E-state index in [0.717, 1.165) is 0 Å². The lowest BCUT2D eigenvalue weighted by Gasteiger charge is -2.11. The quantitative estimate of drug-likeness (QED) is 0.788. The minimum Gasteiger partial charge on any atom is -0.495 e. The van der Waals surface area contributed by atoms with E-state index in [1.54, 1.807) is 25.1 Å². The second kappa shape index (κ2) is 5.14. The second-order valence-corrected chi connectivity index (χ2v) is 3.30. The third-order valence-corrected chi connectivity index (χ3v) is 2.00. The molecule has 5 heteroatoms. The molecule has 1 aromatic carbocycles. The summed E-state index contributed by atoms with van der Waals surface area (Å²) in [4.78, 5) is 11.4. The summed E-state index contributed by atoms with van der Waals surface area (Å²) in [6, 6.07) is 6.15. The molecule has 0 bridgehead atoms. The molecular formula is C11H13N3O2. The SMILES string of the molecule is COc1cc(C#N)ccc1NC(=O)[C@@H](C)N. The summed E-state index contributed by atoms with van der Waals surface area (Å²) >= 11 is 0. The van der Waals surface area contributed by atoms with Crippen LogP contribution in [-0.2, 0) is 4.79 Å². The molecule has 5 nitrogen and oxygen atoms in total. The summed E-state index contributed by atoms with van der Waals surface area (Å²) in [6.45, 7) is 1.59. The predicted molar refractivity (Wildman–Crippen MR) is 60.0 cm³/mol. The van der Waals surface area contributed by atoms with Gasteiger partial charge in [-0.2, -0.15) is 5.26 Å². The zero-order valence-electron chi connectivity index (χ0n) is 9.15. The molecule has 0 aliphatic rings. The fourth-order valence-corrected chi connectivity index (χ4v) is 1.11. The van der Waals surface area contributed by atoms with E-state index < -0.39 is 6.04 Å². The van der Waals surface area contributed by atoms with Crippen molar-refractivity contribution in [1.29, 1.82) is 5.26 Å². The fraction of sp³-hybridized carbons (Fsp3) is 0.273. The van der Waals surface area contributed by atoms with Gasteiger partial charge in [-0.15, -0.1) is 0 Å². The summed E-state index contributed by atoms with van der Waals surface area (Å²) in [5, 5.41) is 11.3. The van der Waals surface area contributed by atoms with Crippen LogP contribution in [0, 0.1) is 11.3 Å². The Balaban J connectivity index is 2.97. The van der Waals surface area contributed by atoms with E-state index in [0.29, 0.717) is 17.0 Å². The van der Waals surface area contributed by atoms with E-state index in [1.165, 1.54) is 7.11 Å². The number of hydrogen-bond acceptors (Lipinski definition) is 4. The van der Waals surface area contributed by atoms with Crippen LogP contribution in [0.4, 0.5) is 5.69 Å². The maximum Gasteiger partial charge on any atom is 0.241 e. The molecule has 0 fully saturated rings. The Morgan fingerprint density at radius 3 is 2.81 bits per heavy atom. The molecule has 84 valence electrons. The maximum absolute atomic E-state index is 11.4. The number of amides is 1. The minimum absolute atomic E-state index is 0.303. The van der Waals surface area contributed by atoms with Gasteiger partial charge in [0, 0.05) is 6.07 Å². The van der Waals surface area contributed by atoms with Crippen LogP contribution in [0.2, 0.25) is 0 Å². The highest BCUT2D eigenvalue weighted by Gasteiger charge is 2.11. The molecule has 0 aliphatic heterocycles. The molecule has 1 rings (SSSR count). The maximum atomic E-state index is 11.4. The molecule has 0 saturated heterocycles. The smallest absolute Gasteiger partial charge is 0.241 e. The van der Waals surface area contributed by atoms with Crippen LogP contribution in [0.1, 0.15) is 12.5 Å². The number of anilines is 1. The average Bonchev–Trinajstić information content (AvgIpc) is 2.29. The van der Waals surface area contributed by atoms with Crippen LogP contribution < -0.4 is 15.8 Å². The summed E-state index contributed by atoms with van der Waals surface area (Å²) < 4.78 is 5.06. The van der Waals surface area contributed by atoms with Gasteiger partial charge < -0.3 is 15.8 Å². The number of benzene rings is 1. The van der Waals surface area contributed by atoms with Crippen LogP contribution in [0.3, 0.4) is 0 Å². The Morgan fingerprint density at radius 1 is 1.62 bits per heavy atom. The molecule has 0 radical (unpaired) electrons. The molecule has 0 aromatic heterocycles. The first-order valence-corrected chi connectivity index (χ1v) is 4.73. The number of ether oxygens (including phenoxy) is 1. The largest absolute Gasteiger partial charge is 0.495 e. The predicted octanol–water partition coefficient (Wildman–Crippen LogP) is 0.853. The van der Waals surface area contributed by atoms with Gasteiger partial charge in [-0.05, 0) is 19.1 Å². The van der Waals surface area contributed by atoms with Gasteiger partial charge in [0.25, 0.3) is 0 Å². The van der Waals surface area contributed by atoms with Gasteiger partial charge in [-0.1, -0.05) is 0 Å². The fourth-order valence-electron chi connectivity index (χ4n) is 1.11. The second-order valence-electron chi connectivity index (χ2n) is 3.30. The normalized spacial score (nSPS) is 11.4. The topological polar surface area (TPSA) is 88.1 Å². The van der Waals surface area contributed by atoms with Gasteiger partial charge in [0.2, 0.25) is 5.91 Å². The van der Waals surface area contributed by atoms with Crippen LogP contribution in [-0.4, -0.2) is 19.1 Å². The Bertz CT molecular complexity index is 435. The number of nitrogens with two attached hydrogens (primary N) is 1. The van der Waals surface area contributed by atoms with Crippen molar-refractivity contribution in [3.05, 3.63) is 23.8 Å². The van der Waals surface area contributed by atoms with Crippen LogP contribution in [0.5, 0.6) is 5.75 Å². The lowest BCUT2D eigenvalue weighted by atomic mass is 10.2. The van der Waals surface area contributed by atoms with E-state index in [-0.39, 0.29) is 5.91 Å². The van der Waals surface area contributed by atoms with Crippen LogP contribution in [0.25, 0.3) is 0 Å².